The number of nitrogens with two attached hydrogens (primary N) is 1. The van der Waals surface area contributed by atoms with E-state index in [9.17, 15) is 23.6 Å². The fraction of sp³-hybridized carbons (Fsp3) is 0.667. The van der Waals surface area contributed by atoms with E-state index < -0.39 is 54.5 Å². The molecule has 0 radical (unpaired) electrons. The Morgan fingerprint density at radius 1 is 0.955 bits per heavy atom. The summed E-state index contributed by atoms with van der Waals surface area (Å²) in [4.78, 5) is 45.3. The van der Waals surface area contributed by atoms with Gasteiger partial charge in [-0.1, -0.05) is 0 Å². The van der Waals surface area contributed by atoms with Crippen LogP contribution in [0.1, 0.15) is 20.8 Å². The van der Waals surface area contributed by atoms with E-state index in [-0.39, 0.29) is 0 Å². The molecule has 0 aromatic carbocycles. The first kappa shape index (κ1) is 19.8. The van der Waals surface area contributed by atoms with Crippen LogP contribution in [-0.2, 0) is 19.2 Å². The molecule has 22 heavy (non-hydrogen) atoms. The van der Waals surface area contributed by atoms with E-state index in [2.05, 4.69) is 10.6 Å². The smallest absolute Gasteiger partial charge is 0.325 e. The van der Waals surface area contributed by atoms with Gasteiger partial charge in [-0.05, 0) is 20.8 Å². The van der Waals surface area contributed by atoms with Crippen LogP contribution in [0.3, 0.4) is 0 Å². The molecule has 3 amide bonds. The number of halogens is 1. The zero-order valence-electron chi connectivity index (χ0n) is 12.6. The topological polar surface area (TPSA) is 151 Å². The maximum absolute atomic E-state index is 12.8. The van der Waals surface area contributed by atoms with E-state index in [1.807, 2.05) is 5.32 Å². The summed E-state index contributed by atoms with van der Waals surface area (Å²) in [6.45, 7) is 2.73. The standard InChI is InChI=1S/C12H21FN4O5/c1-5(14)9(18)15-6(2)10(19)17-8(4-13)11(20)16-7(3)12(21)22/h5-8H,4,14H2,1-3H3,(H,15,18)(H,16,20)(H,17,19)(H,21,22). The molecule has 0 fully saturated rings. The molecule has 0 aromatic heterocycles. The van der Waals surface area contributed by atoms with Crippen molar-refractivity contribution in [3.8, 4) is 0 Å². The van der Waals surface area contributed by atoms with E-state index in [4.69, 9.17) is 10.8 Å². The number of nitrogens with one attached hydrogen (secondary N) is 3. The second kappa shape index (κ2) is 8.93. The fourth-order valence-electron chi connectivity index (χ4n) is 1.26. The minimum Gasteiger partial charge on any atom is -0.480 e. The second-order valence-corrected chi connectivity index (χ2v) is 4.80. The van der Waals surface area contributed by atoms with Crippen LogP contribution in [0.25, 0.3) is 0 Å². The summed E-state index contributed by atoms with van der Waals surface area (Å²) in [6.07, 6.45) is 0. The summed E-state index contributed by atoms with van der Waals surface area (Å²) in [5.41, 5.74) is 5.32. The van der Waals surface area contributed by atoms with Gasteiger partial charge < -0.3 is 26.8 Å². The SMILES string of the molecule is CC(N)C(=O)NC(C)C(=O)NC(CF)C(=O)NC(C)C(=O)O. The van der Waals surface area contributed by atoms with Gasteiger partial charge in [0.15, 0.2) is 0 Å². The van der Waals surface area contributed by atoms with Crippen molar-refractivity contribution in [3.63, 3.8) is 0 Å². The van der Waals surface area contributed by atoms with Crippen molar-refractivity contribution in [3.05, 3.63) is 0 Å². The molecule has 10 heteroatoms. The predicted molar refractivity (Wildman–Crippen MR) is 74.4 cm³/mol. The Balaban J connectivity index is 4.59. The zero-order valence-corrected chi connectivity index (χ0v) is 12.6. The minimum atomic E-state index is -1.55. The van der Waals surface area contributed by atoms with Crippen molar-refractivity contribution in [1.82, 2.24) is 16.0 Å². The molecule has 126 valence electrons. The van der Waals surface area contributed by atoms with Crippen LogP contribution in [-0.4, -0.2) is 59.6 Å². The van der Waals surface area contributed by atoms with Gasteiger partial charge in [0.05, 0.1) is 6.04 Å². The average molecular weight is 320 g/mol. The third-order valence-corrected chi connectivity index (χ3v) is 2.68. The summed E-state index contributed by atoms with van der Waals surface area (Å²) >= 11 is 0. The van der Waals surface area contributed by atoms with Crippen LogP contribution in [0.2, 0.25) is 0 Å². The number of hydrogen-bond donors (Lipinski definition) is 5. The van der Waals surface area contributed by atoms with Crippen molar-refractivity contribution in [2.24, 2.45) is 5.73 Å². The Kier molecular flexibility index (Phi) is 8.02. The summed E-state index contributed by atoms with van der Waals surface area (Å²) in [6, 6.07) is -4.64. The predicted octanol–water partition coefficient (Wildman–Crippen LogP) is -2.12. The number of aliphatic carboxylic acids is 1. The van der Waals surface area contributed by atoms with Crippen LogP contribution >= 0.6 is 0 Å². The van der Waals surface area contributed by atoms with Gasteiger partial charge in [-0.2, -0.15) is 0 Å². The fourth-order valence-corrected chi connectivity index (χ4v) is 1.26. The lowest BCUT2D eigenvalue weighted by molar-refractivity contribution is -0.141. The Morgan fingerprint density at radius 3 is 1.86 bits per heavy atom. The molecule has 0 spiro atoms. The molecule has 0 aliphatic rings. The van der Waals surface area contributed by atoms with Crippen molar-refractivity contribution < 1.29 is 28.7 Å². The number of rotatable bonds is 8. The number of amides is 3. The van der Waals surface area contributed by atoms with Gasteiger partial charge in [0, 0.05) is 0 Å². The maximum atomic E-state index is 12.8. The van der Waals surface area contributed by atoms with Gasteiger partial charge in [0.25, 0.3) is 0 Å². The maximum Gasteiger partial charge on any atom is 0.325 e. The van der Waals surface area contributed by atoms with E-state index in [0.29, 0.717) is 0 Å². The Hall–Kier alpha value is -2.23. The van der Waals surface area contributed by atoms with Gasteiger partial charge in [0.1, 0.15) is 24.8 Å². The van der Waals surface area contributed by atoms with Crippen LogP contribution in [0.4, 0.5) is 4.39 Å². The molecule has 9 nitrogen and oxygen atoms in total. The van der Waals surface area contributed by atoms with Gasteiger partial charge in [-0.15, -0.1) is 0 Å². The summed E-state index contributed by atoms with van der Waals surface area (Å²) in [5, 5.41) is 15.0. The first-order valence-electron chi connectivity index (χ1n) is 6.55. The molecular formula is C12H21FN4O5. The lowest BCUT2D eigenvalue weighted by Gasteiger charge is -2.20. The van der Waals surface area contributed by atoms with Crippen LogP contribution in [0, 0.1) is 0 Å². The molecule has 0 heterocycles. The number of carboxylic acids is 1. The molecule has 0 saturated carbocycles. The normalized spacial score (nSPS) is 15.9. The van der Waals surface area contributed by atoms with Crippen LogP contribution in [0.15, 0.2) is 0 Å². The van der Waals surface area contributed by atoms with Crippen molar-refractivity contribution in [1.29, 1.82) is 0 Å². The Morgan fingerprint density at radius 2 is 1.45 bits per heavy atom. The lowest BCUT2D eigenvalue weighted by Crippen LogP contribution is -2.56. The molecule has 4 atom stereocenters. The van der Waals surface area contributed by atoms with Gasteiger partial charge in [-0.25, -0.2) is 4.39 Å². The van der Waals surface area contributed by atoms with Crippen molar-refractivity contribution in [2.75, 3.05) is 6.67 Å². The molecule has 4 unspecified atom stereocenters. The van der Waals surface area contributed by atoms with E-state index in [1.54, 1.807) is 0 Å². The first-order valence-corrected chi connectivity index (χ1v) is 6.55. The summed E-state index contributed by atoms with van der Waals surface area (Å²) in [5.74, 6) is -3.65. The molecule has 0 rings (SSSR count). The highest BCUT2D eigenvalue weighted by atomic mass is 19.1. The second-order valence-electron chi connectivity index (χ2n) is 4.80. The molecule has 0 aliphatic carbocycles. The monoisotopic (exact) mass is 320 g/mol. The quantitative estimate of drug-likeness (QED) is 0.345. The number of alkyl halides is 1. The summed E-state index contributed by atoms with van der Waals surface area (Å²) < 4.78 is 12.8. The minimum absolute atomic E-state index is 0.580. The molecule has 0 bridgehead atoms. The lowest BCUT2D eigenvalue weighted by atomic mass is 10.2. The van der Waals surface area contributed by atoms with E-state index in [1.165, 1.54) is 20.8 Å². The molecule has 0 aliphatic heterocycles. The molecule has 6 N–H and O–H groups in total. The van der Waals surface area contributed by atoms with Crippen LogP contribution in [0.5, 0.6) is 0 Å². The molecule has 0 saturated heterocycles. The van der Waals surface area contributed by atoms with Crippen molar-refractivity contribution >= 4 is 23.7 Å². The number of carbonyl (C=O) groups is 4. The average Bonchev–Trinajstić information content (AvgIpc) is 2.43. The number of carbonyl (C=O) groups excluding carboxylic acids is 3. The zero-order chi connectivity index (χ0) is 17.4. The van der Waals surface area contributed by atoms with E-state index in [0.717, 1.165) is 0 Å². The largest absolute Gasteiger partial charge is 0.480 e. The van der Waals surface area contributed by atoms with Gasteiger partial charge in [-0.3, -0.25) is 19.2 Å². The van der Waals surface area contributed by atoms with Gasteiger partial charge >= 0.3 is 5.97 Å². The van der Waals surface area contributed by atoms with Crippen molar-refractivity contribution in [2.45, 2.75) is 44.9 Å². The highest BCUT2D eigenvalue weighted by Crippen LogP contribution is 1.93. The van der Waals surface area contributed by atoms with E-state index >= 15 is 0 Å². The third kappa shape index (κ3) is 6.48. The Bertz CT molecular complexity index is 443. The van der Waals surface area contributed by atoms with Crippen LogP contribution < -0.4 is 21.7 Å². The Labute approximate surface area is 126 Å². The first-order chi connectivity index (χ1) is 10.1. The van der Waals surface area contributed by atoms with Gasteiger partial charge in [0.2, 0.25) is 17.7 Å². The number of hydrogen-bond acceptors (Lipinski definition) is 5. The number of carboxylic acid groups (broad SMARTS) is 1. The molecule has 0 aromatic rings. The summed E-state index contributed by atoms with van der Waals surface area (Å²) in [7, 11) is 0. The molecular weight excluding hydrogens is 299 g/mol. The highest BCUT2D eigenvalue weighted by molar-refractivity contribution is 5.93. The highest BCUT2D eigenvalue weighted by Gasteiger charge is 2.26. The third-order valence-electron chi connectivity index (χ3n) is 2.68.